The van der Waals surface area contributed by atoms with Crippen molar-refractivity contribution in [3.63, 3.8) is 0 Å². The number of aryl methyl sites for hydroxylation is 1. The first kappa shape index (κ1) is 12.8. The van der Waals surface area contributed by atoms with E-state index in [2.05, 4.69) is 16.9 Å². The van der Waals surface area contributed by atoms with Crippen LogP contribution in [-0.4, -0.2) is 26.9 Å². The summed E-state index contributed by atoms with van der Waals surface area (Å²) in [5, 5.41) is 10.5. The minimum absolute atomic E-state index is 0.251. The van der Waals surface area contributed by atoms with E-state index >= 15 is 0 Å². The molecule has 0 radical (unpaired) electrons. The van der Waals surface area contributed by atoms with Gasteiger partial charge >= 0.3 is 0 Å². The molecule has 94 valence electrons. The molecule has 0 aliphatic heterocycles. The van der Waals surface area contributed by atoms with Gasteiger partial charge in [-0.25, -0.2) is 9.97 Å². The van der Waals surface area contributed by atoms with Gasteiger partial charge in [-0.05, 0) is 32.1 Å². The third-order valence-corrected chi connectivity index (χ3v) is 4.40. The van der Waals surface area contributed by atoms with E-state index in [1.807, 2.05) is 0 Å². The summed E-state index contributed by atoms with van der Waals surface area (Å²) in [6, 6.07) is 0. The quantitative estimate of drug-likeness (QED) is 0.508. The van der Waals surface area contributed by atoms with Gasteiger partial charge in [0.1, 0.15) is 11.4 Å². The minimum atomic E-state index is 0.251. The van der Waals surface area contributed by atoms with Gasteiger partial charge in [-0.2, -0.15) is 0 Å². The molecule has 4 heteroatoms. The maximum absolute atomic E-state index is 8.95. The Hall–Kier alpha value is -0.610. The normalized spacial score (nSPS) is 17.3. The molecule has 1 aliphatic carbocycles. The number of hydrogen-bond acceptors (Lipinski definition) is 4. The summed E-state index contributed by atoms with van der Waals surface area (Å²) in [5.41, 5.74) is 2.61. The fourth-order valence-corrected chi connectivity index (χ4v) is 3.28. The standard InChI is InChI=1S/C13H20N2OS/c1-10(7-8-16)17-13-11-5-3-2-4-6-12(11)14-9-15-13/h9-10,16H,2-8H2,1H3. The van der Waals surface area contributed by atoms with Crippen molar-refractivity contribution in [3.05, 3.63) is 17.6 Å². The number of rotatable bonds is 4. The van der Waals surface area contributed by atoms with E-state index in [9.17, 15) is 0 Å². The lowest BCUT2D eigenvalue weighted by atomic mass is 10.1. The molecular formula is C13H20N2OS. The largest absolute Gasteiger partial charge is 0.396 e. The summed E-state index contributed by atoms with van der Waals surface area (Å²) in [6.07, 6.45) is 8.53. The lowest BCUT2D eigenvalue weighted by Crippen LogP contribution is -2.05. The van der Waals surface area contributed by atoms with Crippen molar-refractivity contribution < 1.29 is 5.11 Å². The second-order valence-corrected chi connectivity index (χ2v) is 6.03. The zero-order valence-electron chi connectivity index (χ0n) is 10.4. The number of hydrogen-bond donors (Lipinski definition) is 1. The molecule has 0 saturated heterocycles. The first-order valence-corrected chi connectivity index (χ1v) is 7.29. The number of aromatic nitrogens is 2. The Morgan fingerprint density at radius 1 is 1.29 bits per heavy atom. The molecule has 3 nitrogen and oxygen atoms in total. The summed E-state index contributed by atoms with van der Waals surface area (Å²) in [7, 11) is 0. The Kier molecular flexibility index (Phi) is 4.80. The third-order valence-electron chi connectivity index (χ3n) is 3.18. The highest BCUT2D eigenvalue weighted by Gasteiger charge is 2.16. The summed E-state index contributed by atoms with van der Waals surface area (Å²) < 4.78 is 0. The molecule has 0 aromatic carbocycles. The van der Waals surface area contributed by atoms with E-state index in [1.54, 1.807) is 18.1 Å². The predicted molar refractivity (Wildman–Crippen MR) is 70.3 cm³/mol. The Balaban J connectivity index is 2.16. The first-order chi connectivity index (χ1) is 8.31. The van der Waals surface area contributed by atoms with Crippen molar-refractivity contribution in [2.45, 2.75) is 55.7 Å². The average Bonchev–Trinajstić information content (AvgIpc) is 2.55. The lowest BCUT2D eigenvalue weighted by molar-refractivity contribution is 0.289. The Labute approximate surface area is 107 Å². The molecule has 17 heavy (non-hydrogen) atoms. The Bertz CT molecular complexity index is 370. The van der Waals surface area contributed by atoms with E-state index in [-0.39, 0.29) is 6.61 Å². The molecule has 0 bridgehead atoms. The van der Waals surface area contributed by atoms with Gasteiger partial charge < -0.3 is 5.11 Å². The van der Waals surface area contributed by atoms with Crippen LogP contribution in [0.5, 0.6) is 0 Å². The third kappa shape index (κ3) is 3.42. The molecule has 0 spiro atoms. The van der Waals surface area contributed by atoms with E-state index in [0.29, 0.717) is 5.25 Å². The van der Waals surface area contributed by atoms with Crippen molar-refractivity contribution >= 4 is 11.8 Å². The number of fused-ring (bicyclic) bond motifs is 1. The Morgan fingerprint density at radius 3 is 2.94 bits per heavy atom. The first-order valence-electron chi connectivity index (χ1n) is 6.41. The van der Waals surface area contributed by atoms with Crippen molar-refractivity contribution in [1.82, 2.24) is 9.97 Å². The van der Waals surface area contributed by atoms with Crippen molar-refractivity contribution in [1.29, 1.82) is 0 Å². The van der Waals surface area contributed by atoms with Crippen LogP contribution >= 0.6 is 11.8 Å². The van der Waals surface area contributed by atoms with Gasteiger partial charge in [-0.1, -0.05) is 13.3 Å². The van der Waals surface area contributed by atoms with Gasteiger partial charge in [-0.3, -0.25) is 0 Å². The van der Waals surface area contributed by atoms with Crippen LogP contribution in [0.25, 0.3) is 0 Å². The molecule has 1 N–H and O–H groups in total. The molecule has 0 amide bonds. The fraction of sp³-hybridized carbons (Fsp3) is 0.692. The van der Waals surface area contributed by atoms with Gasteiger partial charge in [0.05, 0.1) is 0 Å². The van der Waals surface area contributed by atoms with Crippen molar-refractivity contribution in [3.8, 4) is 0 Å². The summed E-state index contributed by atoms with van der Waals surface area (Å²) in [5.74, 6) is 0. The highest BCUT2D eigenvalue weighted by Crippen LogP contribution is 2.30. The zero-order chi connectivity index (χ0) is 12.1. The van der Waals surface area contributed by atoms with E-state index < -0.39 is 0 Å². The van der Waals surface area contributed by atoms with Crippen LogP contribution in [0, 0.1) is 0 Å². The molecular weight excluding hydrogens is 232 g/mol. The summed E-state index contributed by atoms with van der Waals surface area (Å²) in [4.78, 5) is 8.85. The van der Waals surface area contributed by atoms with Crippen LogP contribution in [-0.2, 0) is 12.8 Å². The average molecular weight is 252 g/mol. The van der Waals surface area contributed by atoms with E-state index in [0.717, 1.165) is 24.3 Å². The van der Waals surface area contributed by atoms with E-state index in [1.165, 1.54) is 30.5 Å². The van der Waals surface area contributed by atoms with Crippen LogP contribution < -0.4 is 0 Å². The van der Waals surface area contributed by atoms with Gasteiger partial charge in [0, 0.05) is 23.1 Å². The van der Waals surface area contributed by atoms with Crippen LogP contribution in [0.2, 0.25) is 0 Å². The maximum Gasteiger partial charge on any atom is 0.116 e. The second kappa shape index (κ2) is 6.36. The zero-order valence-corrected chi connectivity index (χ0v) is 11.2. The minimum Gasteiger partial charge on any atom is -0.396 e. The number of thioether (sulfide) groups is 1. The van der Waals surface area contributed by atoms with Crippen LogP contribution in [0.1, 0.15) is 43.9 Å². The lowest BCUT2D eigenvalue weighted by Gasteiger charge is -2.13. The molecule has 1 aliphatic rings. The van der Waals surface area contributed by atoms with Gasteiger partial charge in [0.15, 0.2) is 0 Å². The van der Waals surface area contributed by atoms with E-state index in [4.69, 9.17) is 5.11 Å². The monoisotopic (exact) mass is 252 g/mol. The number of nitrogens with zero attached hydrogens (tertiary/aromatic N) is 2. The second-order valence-electron chi connectivity index (χ2n) is 4.61. The smallest absolute Gasteiger partial charge is 0.116 e. The van der Waals surface area contributed by atoms with Crippen molar-refractivity contribution in [2.75, 3.05) is 6.61 Å². The Morgan fingerprint density at radius 2 is 2.12 bits per heavy atom. The van der Waals surface area contributed by atoms with Crippen LogP contribution in [0.4, 0.5) is 0 Å². The topological polar surface area (TPSA) is 46.0 Å². The highest BCUT2D eigenvalue weighted by atomic mass is 32.2. The van der Waals surface area contributed by atoms with Crippen molar-refractivity contribution in [2.24, 2.45) is 0 Å². The molecule has 0 fully saturated rings. The van der Waals surface area contributed by atoms with Crippen LogP contribution in [0.3, 0.4) is 0 Å². The van der Waals surface area contributed by atoms with Gasteiger partial charge in [0.2, 0.25) is 0 Å². The van der Waals surface area contributed by atoms with Gasteiger partial charge in [-0.15, -0.1) is 11.8 Å². The summed E-state index contributed by atoms with van der Waals surface area (Å²) in [6.45, 7) is 2.40. The fourth-order valence-electron chi connectivity index (χ4n) is 2.20. The molecule has 1 unspecified atom stereocenters. The molecule has 0 saturated carbocycles. The van der Waals surface area contributed by atoms with Crippen LogP contribution in [0.15, 0.2) is 11.4 Å². The molecule has 2 rings (SSSR count). The number of aliphatic hydroxyl groups excluding tert-OH is 1. The SMILES string of the molecule is CC(CCO)Sc1ncnc2c1CCCCC2. The number of aliphatic hydroxyl groups is 1. The molecule has 1 aromatic rings. The highest BCUT2D eigenvalue weighted by molar-refractivity contribution is 7.99. The maximum atomic E-state index is 8.95. The summed E-state index contributed by atoms with van der Waals surface area (Å²) >= 11 is 1.78. The molecule has 1 aromatic heterocycles. The molecule has 1 atom stereocenters. The van der Waals surface area contributed by atoms with Gasteiger partial charge in [0.25, 0.3) is 0 Å². The predicted octanol–water partition coefficient (Wildman–Crippen LogP) is 2.61. The molecule has 1 heterocycles.